The lowest BCUT2D eigenvalue weighted by Gasteiger charge is -2.33. The lowest BCUT2D eigenvalue weighted by molar-refractivity contribution is -0.152. The van der Waals surface area contributed by atoms with Gasteiger partial charge in [0, 0.05) is 28.1 Å². The van der Waals surface area contributed by atoms with Crippen molar-refractivity contribution in [3.05, 3.63) is 48.0 Å². The zero-order chi connectivity index (χ0) is 33.6. The van der Waals surface area contributed by atoms with Crippen molar-refractivity contribution < 1.29 is 46.8 Å². The van der Waals surface area contributed by atoms with Gasteiger partial charge in [0.25, 0.3) is 0 Å². The Morgan fingerprint density at radius 1 is 0.911 bits per heavy atom. The van der Waals surface area contributed by atoms with Crippen molar-refractivity contribution in [2.45, 2.75) is 89.3 Å². The van der Waals surface area contributed by atoms with Crippen LogP contribution >= 0.6 is 0 Å². The first-order valence-corrected chi connectivity index (χ1v) is 14.9. The lowest BCUT2D eigenvalue weighted by Crippen LogP contribution is -2.50. The van der Waals surface area contributed by atoms with Gasteiger partial charge in [0.05, 0.1) is 44.0 Å². The Balaban J connectivity index is 1.46. The molecular weight excluding hydrogens is 593 g/mol. The highest BCUT2D eigenvalue weighted by Crippen LogP contribution is 2.41. The van der Waals surface area contributed by atoms with Crippen LogP contribution in [0, 0.1) is 5.92 Å². The van der Waals surface area contributed by atoms with E-state index in [1.807, 2.05) is 13.8 Å². The van der Waals surface area contributed by atoms with E-state index in [0.29, 0.717) is 36.0 Å². The number of ether oxygens (including phenoxy) is 3. The van der Waals surface area contributed by atoms with Crippen LogP contribution in [0.2, 0.25) is 0 Å². The second-order valence-corrected chi connectivity index (χ2v) is 12.7. The minimum atomic E-state index is -4.60. The van der Waals surface area contributed by atoms with Gasteiger partial charge in [0.15, 0.2) is 0 Å². The van der Waals surface area contributed by atoms with E-state index in [9.17, 15) is 28.2 Å². The van der Waals surface area contributed by atoms with E-state index in [0.717, 1.165) is 6.07 Å². The number of benzene rings is 2. The molecule has 3 unspecified atom stereocenters. The molecule has 6 N–H and O–H groups in total. The maximum absolute atomic E-state index is 13.7. The fourth-order valence-electron chi connectivity index (χ4n) is 4.94. The van der Waals surface area contributed by atoms with E-state index in [1.165, 1.54) is 25.3 Å². The first kappa shape index (κ1) is 36.2. The summed E-state index contributed by atoms with van der Waals surface area (Å²) in [7, 11) is 1.30. The van der Waals surface area contributed by atoms with Crippen LogP contribution in [0.4, 0.5) is 13.2 Å². The zero-order valence-corrected chi connectivity index (χ0v) is 26.4. The number of aliphatic hydroxyl groups excluding tert-OH is 2. The molecule has 12 heteroatoms. The predicted molar refractivity (Wildman–Crippen MR) is 165 cm³/mol. The second-order valence-electron chi connectivity index (χ2n) is 12.7. The molecule has 1 heterocycles. The topological polar surface area (TPSA) is 150 Å². The molecule has 3 atom stereocenters. The highest BCUT2D eigenvalue weighted by molar-refractivity contribution is 5.84. The van der Waals surface area contributed by atoms with E-state index in [-0.39, 0.29) is 43.1 Å². The number of alkyl halides is 3. The van der Waals surface area contributed by atoms with Crippen LogP contribution in [0.1, 0.15) is 65.4 Å². The standard InChI is InChI=1S/C33H45F3N2O7/c1-31(2,37)19-25(32(3,4)38)30(41)44-15-7-9-27(40)26(39)8-6-14-43-22-11-10-20-16-29(45-28(20)18-22)23-13-12-21(42-5)17-24(23)33(34,35)36/h10-13,16-18,25-27,39-40H,6-9,14-15,19,37-38H2,1-5H3. The largest absolute Gasteiger partial charge is 0.497 e. The Morgan fingerprint density at radius 2 is 1.53 bits per heavy atom. The van der Waals surface area contributed by atoms with Crippen molar-refractivity contribution in [1.29, 1.82) is 0 Å². The van der Waals surface area contributed by atoms with Crippen molar-refractivity contribution in [3.8, 4) is 22.8 Å². The molecule has 250 valence electrons. The number of halogens is 3. The maximum atomic E-state index is 13.7. The third-order valence-electron chi connectivity index (χ3n) is 7.45. The molecule has 0 aliphatic carbocycles. The number of furan rings is 1. The number of fused-ring (bicyclic) bond motifs is 1. The van der Waals surface area contributed by atoms with E-state index in [4.69, 9.17) is 30.1 Å². The van der Waals surface area contributed by atoms with Gasteiger partial charge < -0.3 is 40.3 Å². The van der Waals surface area contributed by atoms with Gasteiger partial charge in [-0.2, -0.15) is 13.2 Å². The van der Waals surface area contributed by atoms with Crippen LogP contribution in [0.5, 0.6) is 11.5 Å². The third kappa shape index (κ3) is 10.6. The minimum absolute atomic E-state index is 0.0616. The summed E-state index contributed by atoms with van der Waals surface area (Å²) in [6.45, 7) is 7.44. The SMILES string of the molecule is COc1ccc(-c2cc3ccc(OCCCC(O)C(O)CCCOC(=O)C(CC(C)(C)N)C(C)(C)N)cc3o2)c(C(F)(F)F)c1. The third-order valence-corrected chi connectivity index (χ3v) is 7.45. The number of rotatable bonds is 16. The summed E-state index contributed by atoms with van der Waals surface area (Å²) in [6, 6.07) is 10.2. The Hall–Kier alpha value is -3.32. The van der Waals surface area contributed by atoms with Crippen molar-refractivity contribution in [2.75, 3.05) is 20.3 Å². The summed E-state index contributed by atoms with van der Waals surface area (Å²) in [4.78, 5) is 12.6. The summed E-state index contributed by atoms with van der Waals surface area (Å²) >= 11 is 0. The fraction of sp³-hybridized carbons (Fsp3) is 0.545. The molecule has 3 rings (SSSR count). The number of esters is 1. The number of nitrogens with two attached hydrogens (primary N) is 2. The molecule has 0 saturated carbocycles. The summed E-state index contributed by atoms with van der Waals surface area (Å²) in [5.41, 5.74) is 10.2. The first-order valence-electron chi connectivity index (χ1n) is 14.9. The van der Waals surface area contributed by atoms with E-state index < -0.39 is 46.9 Å². The van der Waals surface area contributed by atoms with Gasteiger partial charge in [-0.1, -0.05) is 0 Å². The minimum Gasteiger partial charge on any atom is -0.497 e. The van der Waals surface area contributed by atoms with Crippen molar-refractivity contribution >= 4 is 16.9 Å². The highest BCUT2D eigenvalue weighted by atomic mass is 19.4. The van der Waals surface area contributed by atoms with Gasteiger partial charge in [-0.3, -0.25) is 4.79 Å². The molecule has 0 radical (unpaired) electrons. The van der Waals surface area contributed by atoms with Gasteiger partial charge in [-0.05, 0) is 96.2 Å². The molecule has 9 nitrogen and oxygen atoms in total. The molecule has 1 aromatic heterocycles. The van der Waals surface area contributed by atoms with Crippen LogP contribution < -0.4 is 20.9 Å². The lowest BCUT2D eigenvalue weighted by atomic mass is 9.80. The van der Waals surface area contributed by atoms with E-state index >= 15 is 0 Å². The average molecular weight is 639 g/mol. The summed E-state index contributed by atoms with van der Waals surface area (Å²) in [5.74, 6) is -0.428. The van der Waals surface area contributed by atoms with Gasteiger partial charge in [0.2, 0.25) is 0 Å². The molecule has 0 aliphatic rings. The number of hydrogen-bond donors (Lipinski definition) is 4. The van der Waals surface area contributed by atoms with E-state index in [1.54, 1.807) is 32.0 Å². The summed E-state index contributed by atoms with van der Waals surface area (Å²) in [5, 5.41) is 21.3. The molecule has 0 fully saturated rings. The number of methoxy groups -OCH3 is 1. The molecule has 0 amide bonds. The molecule has 0 bridgehead atoms. The number of carbonyl (C=O) groups is 1. The zero-order valence-electron chi connectivity index (χ0n) is 26.4. The van der Waals surface area contributed by atoms with Crippen LogP contribution in [0.25, 0.3) is 22.3 Å². The molecule has 0 spiro atoms. The predicted octanol–water partition coefficient (Wildman–Crippen LogP) is 5.81. The Labute approximate surface area is 261 Å². The number of carbonyl (C=O) groups excluding carboxylic acids is 1. The monoisotopic (exact) mass is 638 g/mol. The van der Waals surface area contributed by atoms with Gasteiger partial charge in [-0.15, -0.1) is 0 Å². The number of aliphatic hydroxyl groups is 2. The quantitative estimate of drug-likeness (QED) is 0.113. The van der Waals surface area contributed by atoms with Crippen LogP contribution in [0.15, 0.2) is 46.9 Å². The molecule has 0 saturated heterocycles. The Kier molecular flexibility index (Phi) is 11.9. The van der Waals surface area contributed by atoms with Crippen LogP contribution in [0.3, 0.4) is 0 Å². The van der Waals surface area contributed by atoms with Crippen LogP contribution in [-0.2, 0) is 15.7 Å². The molecule has 45 heavy (non-hydrogen) atoms. The smallest absolute Gasteiger partial charge is 0.417 e. The summed E-state index contributed by atoms with van der Waals surface area (Å²) in [6.07, 6.45) is -4.96. The van der Waals surface area contributed by atoms with Gasteiger partial charge in [0.1, 0.15) is 22.8 Å². The normalized spacial score (nSPS) is 14.7. The molecule has 2 aromatic carbocycles. The molecular formula is C33H45F3N2O7. The van der Waals surface area contributed by atoms with Crippen molar-refractivity contribution in [1.82, 2.24) is 0 Å². The Morgan fingerprint density at radius 3 is 2.11 bits per heavy atom. The van der Waals surface area contributed by atoms with Crippen molar-refractivity contribution in [2.24, 2.45) is 17.4 Å². The average Bonchev–Trinajstić information content (AvgIpc) is 3.37. The fourth-order valence-corrected chi connectivity index (χ4v) is 4.94. The highest BCUT2D eigenvalue weighted by Gasteiger charge is 2.37. The second kappa shape index (κ2) is 14.8. The van der Waals surface area contributed by atoms with E-state index in [2.05, 4.69) is 0 Å². The Bertz CT molecular complexity index is 1410. The van der Waals surface area contributed by atoms with Crippen molar-refractivity contribution in [3.63, 3.8) is 0 Å². The van der Waals surface area contributed by atoms with Crippen LogP contribution in [-0.4, -0.2) is 59.8 Å². The summed E-state index contributed by atoms with van der Waals surface area (Å²) < 4.78 is 62.9. The van der Waals surface area contributed by atoms with Gasteiger partial charge in [-0.25, -0.2) is 0 Å². The number of hydrogen-bond acceptors (Lipinski definition) is 9. The van der Waals surface area contributed by atoms with Gasteiger partial charge >= 0.3 is 12.1 Å². The maximum Gasteiger partial charge on any atom is 0.417 e. The molecule has 3 aromatic rings. The molecule has 0 aliphatic heterocycles. The first-order chi connectivity index (χ1) is 20.9.